The molecule has 0 aliphatic carbocycles. The molecule has 1 aliphatic heterocycles. The fourth-order valence-electron chi connectivity index (χ4n) is 0.652. The molecular weight excluding hydrogens is 118 g/mol. The number of Topliss-reactive ketones (excluding diaryl/α,β-unsaturated/α-hetero) is 1. The van der Waals surface area contributed by atoms with Gasteiger partial charge in [-0.15, -0.1) is 0 Å². The highest BCUT2D eigenvalue weighted by molar-refractivity contribution is 6.26. The first-order valence-electron chi connectivity index (χ1n) is 2.76. The third kappa shape index (κ3) is 1.22. The van der Waals surface area contributed by atoms with Crippen molar-refractivity contribution in [2.24, 2.45) is 5.92 Å². The van der Waals surface area contributed by atoms with Gasteiger partial charge in [0.25, 0.3) is 0 Å². The van der Waals surface area contributed by atoms with Crippen LogP contribution < -0.4 is 5.32 Å². The summed E-state index contributed by atoms with van der Waals surface area (Å²) in [5.74, 6) is -0.0582. The molecule has 0 amide bonds. The second-order valence-corrected chi connectivity index (χ2v) is 2.00. The predicted octanol–water partition coefficient (Wildman–Crippen LogP) is -0.925. The second-order valence-electron chi connectivity index (χ2n) is 2.00. The van der Waals surface area contributed by atoms with E-state index < -0.39 is 0 Å². The molecule has 48 valence electrons. The van der Waals surface area contributed by atoms with Gasteiger partial charge in [0.1, 0.15) is 0 Å². The Hall–Kier alpha value is -0.990. The van der Waals surface area contributed by atoms with Crippen molar-refractivity contribution in [2.45, 2.75) is 0 Å². The van der Waals surface area contributed by atoms with E-state index in [2.05, 4.69) is 10.1 Å². The SMILES string of the molecule is [N-]=[N+]=CC(=O)C1CNC1. The van der Waals surface area contributed by atoms with Crippen LogP contribution in [-0.4, -0.2) is 29.9 Å². The lowest BCUT2D eigenvalue weighted by molar-refractivity contribution is -0.120. The molecule has 0 spiro atoms. The minimum Gasteiger partial charge on any atom is -0.361 e. The van der Waals surface area contributed by atoms with E-state index in [0.29, 0.717) is 13.1 Å². The molecule has 0 aromatic rings. The summed E-state index contributed by atoms with van der Waals surface area (Å²) in [6, 6.07) is 0. The fourth-order valence-corrected chi connectivity index (χ4v) is 0.652. The Balaban J connectivity index is 2.41. The molecule has 1 heterocycles. The average molecular weight is 125 g/mol. The van der Waals surface area contributed by atoms with Crippen LogP contribution in [0.2, 0.25) is 0 Å². The van der Waals surface area contributed by atoms with Crippen LogP contribution in [0.1, 0.15) is 0 Å². The van der Waals surface area contributed by atoms with Gasteiger partial charge < -0.3 is 10.8 Å². The van der Waals surface area contributed by atoms with E-state index in [0.717, 1.165) is 6.21 Å². The van der Waals surface area contributed by atoms with Crippen molar-refractivity contribution in [1.82, 2.24) is 5.32 Å². The summed E-state index contributed by atoms with van der Waals surface area (Å²) >= 11 is 0. The van der Waals surface area contributed by atoms with Crippen LogP contribution in [0.4, 0.5) is 0 Å². The molecule has 4 heteroatoms. The molecule has 1 rings (SSSR count). The number of nitrogens with one attached hydrogen (secondary N) is 1. The van der Waals surface area contributed by atoms with E-state index in [1.54, 1.807) is 0 Å². The van der Waals surface area contributed by atoms with Crippen molar-refractivity contribution < 1.29 is 9.58 Å². The van der Waals surface area contributed by atoms with E-state index in [1.165, 1.54) is 0 Å². The zero-order valence-corrected chi connectivity index (χ0v) is 4.87. The second kappa shape index (κ2) is 2.53. The van der Waals surface area contributed by atoms with Gasteiger partial charge in [0.05, 0.1) is 5.92 Å². The van der Waals surface area contributed by atoms with Gasteiger partial charge in [0.15, 0.2) is 0 Å². The molecule has 1 N–H and O–H groups in total. The van der Waals surface area contributed by atoms with Gasteiger partial charge in [-0.2, -0.15) is 4.79 Å². The minimum atomic E-state index is -0.101. The topological polar surface area (TPSA) is 65.5 Å². The van der Waals surface area contributed by atoms with Gasteiger partial charge in [-0.3, -0.25) is 4.79 Å². The highest BCUT2D eigenvalue weighted by Crippen LogP contribution is 2.01. The molecule has 4 nitrogen and oxygen atoms in total. The number of hydrogen-bond acceptors (Lipinski definition) is 2. The molecule has 0 radical (unpaired) electrons. The zero-order chi connectivity index (χ0) is 6.69. The van der Waals surface area contributed by atoms with Gasteiger partial charge >= 0.3 is 6.21 Å². The van der Waals surface area contributed by atoms with Gasteiger partial charge in [-0.05, 0) is 0 Å². The first-order chi connectivity index (χ1) is 4.34. The fraction of sp³-hybridized carbons (Fsp3) is 0.600. The molecule has 1 aliphatic rings. The number of carbonyl (C=O) groups is 1. The summed E-state index contributed by atoms with van der Waals surface area (Å²) in [5.41, 5.74) is 7.93. The third-order valence-corrected chi connectivity index (χ3v) is 1.37. The Morgan fingerprint density at radius 1 is 1.78 bits per heavy atom. The molecule has 1 saturated heterocycles. The average Bonchev–Trinajstić information content (AvgIpc) is 1.60. The summed E-state index contributed by atoms with van der Waals surface area (Å²) < 4.78 is 0. The summed E-state index contributed by atoms with van der Waals surface area (Å²) in [5, 5.41) is 2.94. The number of ketones is 1. The van der Waals surface area contributed by atoms with Crippen molar-refractivity contribution in [3.63, 3.8) is 0 Å². The standard InChI is InChI=1S/C5H7N3O/c6-8-3-5(9)4-1-7-2-4/h3-4,7H,1-2H2. The predicted molar refractivity (Wildman–Crippen MR) is 31.1 cm³/mol. The van der Waals surface area contributed by atoms with E-state index >= 15 is 0 Å². The maximum Gasteiger partial charge on any atom is 0.323 e. The van der Waals surface area contributed by atoms with E-state index in [1.807, 2.05) is 0 Å². The minimum absolute atomic E-state index is 0.0425. The quantitative estimate of drug-likeness (QED) is 0.294. The first-order valence-corrected chi connectivity index (χ1v) is 2.76. The van der Waals surface area contributed by atoms with Crippen molar-refractivity contribution in [2.75, 3.05) is 13.1 Å². The van der Waals surface area contributed by atoms with Gasteiger partial charge in [-0.1, -0.05) is 0 Å². The van der Waals surface area contributed by atoms with Crippen LogP contribution in [0, 0.1) is 5.92 Å². The van der Waals surface area contributed by atoms with Crippen LogP contribution in [0.3, 0.4) is 0 Å². The zero-order valence-electron chi connectivity index (χ0n) is 4.87. The highest BCUT2D eigenvalue weighted by Gasteiger charge is 2.25. The molecule has 0 saturated carbocycles. The molecule has 0 unspecified atom stereocenters. The third-order valence-electron chi connectivity index (χ3n) is 1.37. The van der Waals surface area contributed by atoms with Crippen molar-refractivity contribution in [3.8, 4) is 0 Å². The molecular formula is C5H7N3O. The van der Waals surface area contributed by atoms with Crippen molar-refractivity contribution >= 4 is 12.0 Å². The first kappa shape index (κ1) is 6.13. The number of rotatable bonds is 2. The Kier molecular flexibility index (Phi) is 1.72. The molecule has 0 aromatic heterocycles. The van der Waals surface area contributed by atoms with Crippen molar-refractivity contribution in [3.05, 3.63) is 5.53 Å². The largest absolute Gasteiger partial charge is 0.361 e. The van der Waals surface area contributed by atoms with Crippen LogP contribution >= 0.6 is 0 Å². The lowest BCUT2D eigenvalue weighted by atomic mass is 9.99. The summed E-state index contributed by atoms with van der Waals surface area (Å²) in [6.07, 6.45) is 0.950. The van der Waals surface area contributed by atoms with Crippen LogP contribution in [0.15, 0.2) is 0 Å². The van der Waals surface area contributed by atoms with Crippen LogP contribution in [-0.2, 0) is 4.79 Å². The van der Waals surface area contributed by atoms with Gasteiger partial charge in [0.2, 0.25) is 5.78 Å². The number of hydrogen-bond donors (Lipinski definition) is 1. The smallest absolute Gasteiger partial charge is 0.323 e. The Labute approximate surface area is 52.5 Å². The molecule has 0 atom stereocenters. The Morgan fingerprint density at radius 2 is 2.44 bits per heavy atom. The molecule has 9 heavy (non-hydrogen) atoms. The lowest BCUT2D eigenvalue weighted by Crippen LogP contribution is -2.47. The van der Waals surface area contributed by atoms with Crippen molar-refractivity contribution in [1.29, 1.82) is 0 Å². The van der Waals surface area contributed by atoms with Crippen LogP contribution in [0.25, 0.3) is 5.53 Å². The van der Waals surface area contributed by atoms with Gasteiger partial charge in [-0.25, -0.2) is 0 Å². The molecule has 0 bridgehead atoms. The summed E-state index contributed by atoms with van der Waals surface area (Å²) in [6.45, 7) is 1.43. The van der Waals surface area contributed by atoms with Crippen LogP contribution in [0.5, 0.6) is 0 Å². The van der Waals surface area contributed by atoms with Gasteiger partial charge in [0, 0.05) is 13.1 Å². The number of nitrogens with zero attached hydrogens (tertiary/aromatic N) is 2. The van der Waals surface area contributed by atoms with E-state index in [4.69, 9.17) is 5.53 Å². The van der Waals surface area contributed by atoms with E-state index in [-0.39, 0.29) is 11.7 Å². The summed E-state index contributed by atoms with van der Waals surface area (Å²) in [4.78, 5) is 13.3. The Morgan fingerprint density at radius 3 is 2.78 bits per heavy atom. The Bertz CT molecular complexity index is 167. The lowest BCUT2D eigenvalue weighted by Gasteiger charge is -2.22. The van der Waals surface area contributed by atoms with E-state index in [9.17, 15) is 4.79 Å². The molecule has 0 aromatic carbocycles. The summed E-state index contributed by atoms with van der Waals surface area (Å²) in [7, 11) is 0. The maximum absolute atomic E-state index is 10.7. The number of carbonyl (C=O) groups excluding carboxylic acids is 1. The molecule has 1 fully saturated rings. The normalized spacial score (nSPS) is 17.8. The monoisotopic (exact) mass is 125 g/mol. The highest BCUT2D eigenvalue weighted by atomic mass is 16.1. The maximum atomic E-state index is 10.7.